The summed E-state index contributed by atoms with van der Waals surface area (Å²) in [6.45, 7) is 5.82. The van der Waals surface area contributed by atoms with Crippen molar-refractivity contribution in [2.75, 3.05) is 11.4 Å². The third kappa shape index (κ3) is 4.95. The summed E-state index contributed by atoms with van der Waals surface area (Å²) in [7, 11) is 0. The maximum Gasteiger partial charge on any atom is 0.223 e. The van der Waals surface area contributed by atoms with E-state index in [2.05, 4.69) is 5.32 Å². The number of carbonyl (C=O) groups excluding carboxylic acids is 2. The van der Waals surface area contributed by atoms with E-state index < -0.39 is 0 Å². The molecule has 0 heterocycles. The molecule has 1 atom stereocenters. The van der Waals surface area contributed by atoms with Gasteiger partial charge in [0.2, 0.25) is 11.8 Å². The molecule has 0 saturated heterocycles. The van der Waals surface area contributed by atoms with Gasteiger partial charge in [-0.05, 0) is 37.1 Å². The molecule has 0 aliphatic heterocycles. The number of rotatable bonds is 6. The molecule has 0 spiro atoms. The van der Waals surface area contributed by atoms with Gasteiger partial charge in [0.25, 0.3) is 0 Å². The van der Waals surface area contributed by atoms with Gasteiger partial charge in [0, 0.05) is 25.6 Å². The number of benzene rings is 2. The van der Waals surface area contributed by atoms with E-state index in [0.717, 1.165) is 16.8 Å². The fourth-order valence-corrected chi connectivity index (χ4v) is 2.62. The van der Waals surface area contributed by atoms with E-state index in [-0.39, 0.29) is 24.3 Å². The number of carbonyl (C=O) groups is 2. The molecule has 2 rings (SSSR count). The van der Waals surface area contributed by atoms with Gasteiger partial charge < -0.3 is 10.2 Å². The molecule has 0 fully saturated rings. The molecule has 0 aliphatic rings. The summed E-state index contributed by atoms with van der Waals surface area (Å²) in [5.41, 5.74) is 2.97. The molecule has 2 amide bonds. The SMILES string of the molecule is CC(=O)N(CCC(=O)NC(C)c1ccccc1)c1cccc(C)c1. The van der Waals surface area contributed by atoms with Crippen LogP contribution in [0.3, 0.4) is 0 Å². The highest BCUT2D eigenvalue weighted by molar-refractivity contribution is 5.92. The Morgan fingerprint density at radius 2 is 1.79 bits per heavy atom. The van der Waals surface area contributed by atoms with E-state index in [0.29, 0.717) is 6.54 Å². The van der Waals surface area contributed by atoms with Crippen LogP contribution in [0.5, 0.6) is 0 Å². The maximum absolute atomic E-state index is 12.2. The van der Waals surface area contributed by atoms with Gasteiger partial charge in [-0.2, -0.15) is 0 Å². The normalized spacial score (nSPS) is 11.6. The van der Waals surface area contributed by atoms with Crippen LogP contribution in [-0.4, -0.2) is 18.4 Å². The van der Waals surface area contributed by atoms with Crippen molar-refractivity contribution in [2.24, 2.45) is 0 Å². The summed E-state index contributed by atoms with van der Waals surface area (Å²) in [5, 5.41) is 2.98. The maximum atomic E-state index is 12.2. The Hall–Kier alpha value is -2.62. The van der Waals surface area contributed by atoms with Crippen LogP contribution >= 0.6 is 0 Å². The van der Waals surface area contributed by atoms with E-state index >= 15 is 0 Å². The lowest BCUT2D eigenvalue weighted by Gasteiger charge is -2.22. The van der Waals surface area contributed by atoms with E-state index in [1.807, 2.05) is 68.4 Å². The Labute approximate surface area is 143 Å². The number of nitrogens with zero attached hydrogens (tertiary/aromatic N) is 1. The summed E-state index contributed by atoms with van der Waals surface area (Å²) in [5.74, 6) is -0.130. The smallest absolute Gasteiger partial charge is 0.223 e. The zero-order valence-corrected chi connectivity index (χ0v) is 14.5. The second-order valence-electron chi connectivity index (χ2n) is 5.96. The first-order valence-electron chi connectivity index (χ1n) is 8.16. The first-order chi connectivity index (χ1) is 11.5. The Bertz CT molecular complexity index is 698. The average Bonchev–Trinajstić information content (AvgIpc) is 2.55. The standard InChI is InChI=1S/C20H24N2O2/c1-15-8-7-11-19(14-15)22(17(3)23)13-12-20(24)21-16(2)18-9-5-4-6-10-18/h4-11,14,16H,12-13H2,1-3H3,(H,21,24). The third-order valence-corrected chi connectivity index (χ3v) is 3.93. The van der Waals surface area contributed by atoms with Gasteiger partial charge in [0.05, 0.1) is 6.04 Å². The molecule has 1 N–H and O–H groups in total. The lowest BCUT2D eigenvalue weighted by molar-refractivity contribution is -0.121. The number of aryl methyl sites for hydroxylation is 1. The lowest BCUT2D eigenvalue weighted by atomic mass is 10.1. The molecule has 4 heteroatoms. The van der Waals surface area contributed by atoms with Gasteiger partial charge in [-0.15, -0.1) is 0 Å². The number of amides is 2. The monoisotopic (exact) mass is 324 g/mol. The molecule has 0 saturated carbocycles. The number of hydrogen-bond donors (Lipinski definition) is 1. The first-order valence-corrected chi connectivity index (χ1v) is 8.16. The Balaban J connectivity index is 1.94. The fraction of sp³-hybridized carbons (Fsp3) is 0.300. The van der Waals surface area contributed by atoms with Gasteiger partial charge in [0.15, 0.2) is 0 Å². The second kappa shape index (κ2) is 8.29. The highest BCUT2D eigenvalue weighted by atomic mass is 16.2. The molecule has 0 aliphatic carbocycles. The summed E-state index contributed by atoms with van der Waals surface area (Å²) >= 11 is 0. The first kappa shape index (κ1) is 17.7. The quantitative estimate of drug-likeness (QED) is 0.882. The predicted molar refractivity (Wildman–Crippen MR) is 96.8 cm³/mol. The number of anilines is 1. The minimum Gasteiger partial charge on any atom is -0.350 e. The van der Waals surface area contributed by atoms with Crippen LogP contribution in [0.25, 0.3) is 0 Å². The minimum absolute atomic E-state index is 0.0524. The molecule has 2 aromatic carbocycles. The van der Waals surface area contributed by atoms with Crippen molar-refractivity contribution in [1.29, 1.82) is 0 Å². The Morgan fingerprint density at radius 3 is 2.42 bits per heavy atom. The molecule has 126 valence electrons. The molecular weight excluding hydrogens is 300 g/mol. The van der Waals surface area contributed by atoms with Crippen molar-refractivity contribution in [2.45, 2.75) is 33.2 Å². The summed E-state index contributed by atoms with van der Waals surface area (Å²) in [6, 6.07) is 17.5. The molecule has 24 heavy (non-hydrogen) atoms. The molecule has 2 aromatic rings. The van der Waals surface area contributed by atoms with Gasteiger partial charge in [-0.1, -0.05) is 42.5 Å². The van der Waals surface area contributed by atoms with Crippen molar-refractivity contribution in [1.82, 2.24) is 5.32 Å². The molecule has 0 aromatic heterocycles. The van der Waals surface area contributed by atoms with Crippen LogP contribution in [0.4, 0.5) is 5.69 Å². The highest BCUT2D eigenvalue weighted by Gasteiger charge is 2.15. The van der Waals surface area contributed by atoms with E-state index in [1.165, 1.54) is 6.92 Å². The van der Waals surface area contributed by atoms with Gasteiger partial charge >= 0.3 is 0 Å². The second-order valence-corrected chi connectivity index (χ2v) is 5.96. The zero-order chi connectivity index (χ0) is 17.5. The van der Waals surface area contributed by atoms with Crippen molar-refractivity contribution < 1.29 is 9.59 Å². The minimum atomic E-state index is -0.0653. The zero-order valence-electron chi connectivity index (χ0n) is 14.5. The van der Waals surface area contributed by atoms with Gasteiger partial charge in [-0.25, -0.2) is 0 Å². The third-order valence-electron chi connectivity index (χ3n) is 3.93. The fourth-order valence-electron chi connectivity index (χ4n) is 2.62. The molecule has 0 radical (unpaired) electrons. The lowest BCUT2D eigenvalue weighted by Crippen LogP contribution is -2.34. The van der Waals surface area contributed by atoms with Crippen LogP contribution in [0.15, 0.2) is 54.6 Å². The predicted octanol–water partition coefficient (Wildman–Crippen LogP) is 3.62. The number of nitrogens with one attached hydrogen (secondary N) is 1. The topological polar surface area (TPSA) is 49.4 Å². The van der Waals surface area contributed by atoms with Crippen LogP contribution in [0, 0.1) is 6.92 Å². The van der Waals surface area contributed by atoms with Crippen LogP contribution in [0.2, 0.25) is 0 Å². The summed E-state index contributed by atoms with van der Waals surface area (Å²) in [6.07, 6.45) is 0.269. The number of hydrogen-bond acceptors (Lipinski definition) is 2. The Kier molecular flexibility index (Phi) is 6.13. The molecule has 0 bridgehead atoms. The molecule has 4 nitrogen and oxygen atoms in total. The molecule has 1 unspecified atom stereocenters. The van der Waals surface area contributed by atoms with Gasteiger partial charge in [0.1, 0.15) is 0 Å². The van der Waals surface area contributed by atoms with Crippen molar-refractivity contribution in [3.63, 3.8) is 0 Å². The summed E-state index contributed by atoms with van der Waals surface area (Å²) < 4.78 is 0. The molecular formula is C20H24N2O2. The largest absolute Gasteiger partial charge is 0.350 e. The van der Waals surface area contributed by atoms with E-state index in [4.69, 9.17) is 0 Å². The van der Waals surface area contributed by atoms with Crippen LogP contribution in [0.1, 0.15) is 37.4 Å². The van der Waals surface area contributed by atoms with Crippen LogP contribution < -0.4 is 10.2 Å². The van der Waals surface area contributed by atoms with Gasteiger partial charge in [-0.3, -0.25) is 9.59 Å². The van der Waals surface area contributed by atoms with Crippen molar-refractivity contribution >= 4 is 17.5 Å². The van der Waals surface area contributed by atoms with Crippen molar-refractivity contribution in [3.05, 3.63) is 65.7 Å². The highest BCUT2D eigenvalue weighted by Crippen LogP contribution is 2.17. The summed E-state index contributed by atoms with van der Waals surface area (Å²) in [4.78, 5) is 25.7. The van der Waals surface area contributed by atoms with E-state index in [9.17, 15) is 9.59 Å². The van der Waals surface area contributed by atoms with E-state index in [1.54, 1.807) is 4.90 Å². The van der Waals surface area contributed by atoms with Crippen LogP contribution in [-0.2, 0) is 9.59 Å². The Morgan fingerprint density at radius 1 is 1.08 bits per heavy atom. The van der Waals surface area contributed by atoms with Crippen molar-refractivity contribution in [3.8, 4) is 0 Å². The average molecular weight is 324 g/mol.